The van der Waals surface area contributed by atoms with Crippen molar-refractivity contribution in [2.75, 3.05) is 12.7 Å². The van der Waals surface area contributed by atoms with Crippen molar-refractivity contribution in [2.45, 2.75) is 64.9 Å². The Hall–Kier alpha value is -0.380. The Kier molecular flexibility index (Phi) is 4.57. The lowest BCUT2D eigenvalue weighted by atomic mass is 9.45. The van der Waals surface area contributed by atoms with Gasteiger partial charge in [-0.2, -0.15) is 0 Å². The first-order valence-corrected chi connectivity index (χ1v) is 10.5. The second kappa shape index (κ2) is 6.35. The topological polar surface area (TPSA) is 46.5 Å². The predicted octanol–water partition coefficient (Wildman–Crippen LogP) is 4.32. The molecule has 3 nitrogen and oxygen atoms in total. The zero-order chi connectivity index (χ0) is 17.8. The number of fused-ring (bicyclic) bond motifs is 5. The van der Waals surface area contributed by atoms with Gasteiger partial charge >= 0.3 is 0 Å². The second-order valence-electron chi connectivity index (χ2n) is 9.37. The van der Waals surface area contributed by atoms with Crippen molar-refractivity contribution in [1.29, 1.82) is 0 Å². The average molecular weight is 367 g/mol. The van der Waals surface area contributed by atoms with E-state index in [1.807, 2.05) is 6.08 Å². The molecule has 0 spiro atoms. The quantitative estimate of drug-likeness (QED) is 0.597. The number of hydrogen-bond acceptors (Lipinski definition) is 3. The van der Waals surface area contributed by atoms with Gasteiger partial charge in [-0.25, -0.2) is 0 Å². The Balaban J connectivity index is 1.70. The van der Waals surface area contributed by atoms with E-state index < -0.39 is 0 Å². The maximum atomic E-state index is 12.0. The Bertz CT molecular complexity index is 588. The van der Waals surface area contributed by atoms with Gasteiger partial charge in [0, 0.05) is 12.3 Å². The van der Waals surface area contributed by atoms with Crippen LogP contribution in [0.3, 0.4) is 0 Å². The van der Waals surface area contributed by atoms with Gasteiger partial charge in [-0.3, -0.25) is 4.79 Å². The van der Waals surface area contributed by atoms with Crippen LogP contribution in [0.2, 0.25) is 0 Å². The monoisotopic (exact) mass is 366 g/mol. The van der Waals surface area contributed by atoms with Crippen LogP contribution in [0.25, 0.3) is 0 Å². The molecule has 0 aromatic rings. The van der Waals surface area contributed by atoms with E-state index in [-0.39, 0.29) is 23.7 Å². The summed E-state index contributed by atoms with van der Waals surface area (Å²) in [6.45, 7) is 4.62. The highest BCUT2D eigenvalue weighted by Crippen LogP contribution is 2.67. The van der Waals surface area contributed by atoms with Gasteiger partial charge in [0.2, 0.25) is 0 Å². The normalized spacial score (nSPS) is 49.2. The molecule has 4 aliphatic rings. The number of hydrogen-bond donors (Lipinski definition) is 1. The minimum atomic E-state index is -0.174. The van der Waals surface area contributed by atoms with Gasteiger partial charge in [0.1, 0.15) is 6.79 Å². The summed E-state index contributed by atoms with van der Waals surface area (Å²) in [6.07, 6.45) is 9.43. The summed E-state index contributed by atoms with van der Waals surface area (Å²) in [4.78, 5) is 12.0. The van der Waals surface area contributed by atoms with Gasteiger partial charge in [0.25, 0.3) is 0 Å². The highest BCUT2D eigenvalue weighted by Gasteiger charge is 2.61. The number of aliphatic hydroxyl groups excluding tert-OH is 1. The van der Waals surface area contributed by atoms with Gasteiger partial charge in [-0.05, 0) is 79.1 Å². The molecular weight excluding hydrogens is 336 g/mol. The Morgan fingerprint density at radius 2 is 2.04 bits per heavy atom. The summed E-state index contributed by atoms with van der Waals surface area (Å²) < 4.78 is 5.74. The standard InChI is InChI=1S/C21H31ClO3/c1-20-7-5-15(24)10-14(20)9-13(11-22)19-16-3-4-18(25-12-23)21(16,2)8-6-17(19)20/h10,13,16-19,23H,3-9,11-12H2,1-2H3. The van der Waals surface area contributed by atoms with Crippen LogP contribution in [0.5, 0.6) is 0 Å². The molecule has 3 fully saturated rings. The number of carbonyl (C=O) groups excluding carboxylic acids is 1. The van der Waals surface area contributed by atoms with E-state index in [1.165, 1.54) is 18.4 Å². The van der Waals surface area contributed by atoms with Crippen molar-refractivity contribution in [1.82, 2.24) is 0 Å². The van der Waals surface area contributed by atoms with E-state index >= 15 is 0 Å². The summed E-state index contributed by atoms with van der Waals surface area (Å²) in [5.74, 6) is 3.34. The third-order valence-corrected chi connectivity index (χ3v) is 8.92. The van der Waals surface area contributed by atoms with E-state index in [4.69, 9.17) is 16.3 Å². The second-order valence-corrected chi connectivity index (χ2v) is 9.68. The molecule has 0 heterocycles. The molecule has 0 aromatic carbocycles. The predicted molar refractivity (Wildman–Crippen MR) is 98.3 cm³/mol. The highest BCUT2D eigenvalue weighted by atomic mass is 35.5. The Morgan fingerprint density at radius 1 is 1.24 bits per heavy atom. The maximum Gasteiger partial charge on any atom is 0.155 e. The van der Waals surface area contributed by atoms with E-state index in [0.29, 0.717) is 41.8 Å². The van der Waals surface area contributed by atoms with E-state index in [9.17, 15) is 9.90 Å². The summed E-state index contributed by atoms with van der Waals surface area (Å²) >= 11 is 6.46. The molecule has 0 radical (unpaired) electrons. The third kappa shape index (κ3) is 2.56. The van der Waals surface area contributed by atoms with Crippen LogP contribution in [-0.2, 0) is 9.53 Å². The molecule has 0 aliphatic heterocycles. The molecule has 1 N–H and O–H groups in total. The van der Waals surface area contributed by atoms with Gasteiger partial charge in [-0.15, -0.1) is 11.6 Å². The molecule has 4 heteroatoms. The van der Waals surface area contributed by atoms with Crippen molar-refractivity contribution >= 4 is 17.4 Å². The van der Waals surface area contributed by atoms with E-state index in [2.05, 4.69) is 13.8 Å². The van der Waals surface area contributed by atoms with Crippen LogP contribution >= 0.6 is 11.6 Å². The van der Waals surface area contributed by atoms with Crippen LogP contribution in [0.4, 0.5) is 0 Å². The fourth-order valence-electron chi connectivity index (χ4n) is 7.18. The summed E-state index contributed by atoms with van der Waals surface area (Å²) in [5.41, 5.74) is 1.72. The minimum Gasteiger partial charge on any atom is -0.371 e. The average Bonchev–Trinajstić information content (AvgIpc) is 2.92. The van der Waals surface area contributed by atoms with Crippen molar-refractivity contribution in [3.05, 3.63) is 11.6 Å². The van der Waals surface area contributed by atoms with Crippen molar-refractivity contribution in [3.8, 4) is 0 Å². The molecule has 7 atom stereocenters. The molecule has 140 valence electrons. The summed E-state index contributed by atoms with van der Waals surface area (Å²) in [7, 11) is 0. The molecule has 7 unspecified atom stereocenters. The number of allylic oxidation sites excluding steroid dienone is 1. The number of ketones is 1. The SMILES string of the molecule is CC12CCC(=O)C=C1CC(CCl)C1C2CCC2(C)C(OCO)CCC12. The van der Waals surface area contributed by atoms with Crippen LogP contribution in [0.15, 0.2) is 11.6 Å². The molecule has 4 rings (SSSR count). The zero-order valence-corrected chi connectivity index (χ0v) is 16.2. The lowest BCUT2D eigenvalue weighted by molar-refractivity contribution is -0.137. The van der Waals surface area contributed by atoms with Gasteiger partial charge < -0.3 is 9.84 Å². The van der Waals surface area contributed by atoms with Crippen LogP contribution < -0.4 is 0 Å². The lowest BCUT2D eigenvalue weighted by Gasteiger charge is -2.60. The maximum absolute atomic E-state index is 12.0. The van der Waals surface area contributed by atoms with Gasteiger partial charge in [0.05, 0.1) is 6.10 Å². The van der Waals surface area contributed by atoms with Crippen molar-refractivity contribution in [3.63, 3.8) is 0 Å². The first-order chi connectivity index (χ1) is 11.9. The third-order valence-electron chi connectivity index (χ3n) is 8.52. The number of aliphatic hydroxyl groups is 1. The lowest BCUT2D eigenvalue weighted by Crippen LogP contribution is -2.54. The molecule has 0 saturated heterocycles. The van der Waals surface area contributed by atoms with Crippen LogP contribution in [-0.4, -0.2) is 29.7 Å². The number of ether oxygens (including phenoxy) is 1. The Labute approximate surface area is 156 Å². The number of alkyl halides is 1. The van der Waals surface area contributed by atoms with E-state index in [0.717, 1.165) is 25.7 Å². The minimum absolute atomic E-state index is 0.163. The summed E-state index contributed by atoms with van der Waals surface area (Å²) in [5, 5.41) is 9.30. The number of rotatable bonds is 3. The van der Waals surface area contributed by atoms with Gasteiger partial charge in [0.15, 0.2) is 5.78 Å². The fourth-order valence-corrected chi connectivity index (χ4v) is 7.49. The smallest absolute Gasteiger partial charge is 0.155 e. The van der Waals surface area contributed by atoms with Crippen molar-refractivity contribution < 1.29 is 14.6 Å². The highest BCUT2D eigenvalue weighted by molar-refractivity contribution is 6.18. The molecule has 0 amide bonds. The molecule has 0 aromatic heterocycles. The number of carbonyl (C=O) groups is 1. The molecule has 4 aliphatic carbocycles. The first-order valence-electron chi connectivity index (χ1n) is 9.96. The number of halogens is 1. The largest absolute Gasteiger partial charge is 0.371 e. The molecule has 25 heavy (non-hydrogen) atoms. The van der Waals surface area contributed by atoms with E-state index in [1.54, 1.807) is 0 Å². The van der Waals surface area contributed by atoms with Crippen LogP contribution in [0.1, 0.15) is 58.8 Å². The molecular formula is C21H31ClO3. The van der Waals surface area contributed by atoms with Gasteiger partial charge in [-0.1, -0.05) is 19.4 Å². The molecule has 3 saturated carbocycles. The molecule has 0 bridgehead atoms. The summed E-state index contributed by atoms with van der Waals surface area (Å²) in [6, 6.07) is 0. The fraction of sp³-hybridized carbons (Fsp3) is 0.857. The van der Waals surface area contributed by atoms with Crippen molar-refractivity contribution in [2.24, 2.45) is 34.5 Å². The van der Waals surface area contributed by atoms with Crippen LogP contribution in [0, 0.1) is 34.5 Å². The zero-order valence-electron chi connectivity index (χ0n) is 15.5. The first kappa shape index (κ1) is 18.0. The Morgan fingerprint density at radius 3 is 2.76 bits per heavy atom.